The van der Waals surface area contributed by atoms with Crippen molar-refractivity contribution < 1.29 is 0 Å². The van der Waals surface area contributed by atoms with Crippen LogP contribution in [0, 0.1) is 0 Å². The fourth-order valence-corrected chi connectivity index (χ4v) is 10.4. The molecule has 266 valence electrons. The number of benzene rings is 7. The number of nitrogens with zero attached hydrogens (tertiary/aromatic N) is 6. The van der Waals surface area contributed by atoms with E-state index in [1.165, 1.54) is 25.6 Å². The number of hydrogen-bond acceptors (Lipinski definition) is 7. The lowest BCUT2D eigenvalue weighted by atomic mass is 10.1. The summed E-state index contributed by atoms with van der Waals surface area (Å²) < 4.78 is 6.82. The quantitative estimate of drug-likeness (QED) is 0.175. The van der Waals surface area contributed by atoms with Gasteiger partial charge in [0.1, 0.15) is 5.69 Å². The zero-order valence-electron chi connectivity index (χ0n) is 30.2. The normalized spacial score (nSPS) is 11.9. The molecular formula is C49H28N6S2. The first kappa shape index (κ1) is 32.1. The van der Waals surface area contributed by atoms with Crippen molar-refractivity contribution in [1.29, 1.82) is 0 Å². The lowest BCUT2D eigenvalue weighted by Crippen LogP contribution is -2.03. The molecule has 0 bridgehead atoms. The van der Waals surface area contributed by atoms with Gasteiger partial charge in [0.15, 0.2) is 23.3 Å². The van der Waals surface area contributed by atoms with Gasteiger partial charge in [0.2, 0.25) is 0 Å². The molecule has 0 saturated carbocycles. The largest absolute Gasteiger partial charge is 0.309 e. The molecule has 6 nitrogen and oxygen atoms in total. The molecule has 12 aromatic rings. The van der Waals surface area contributed by atoms with E-state index >= 15 is 0 Å². The SMILES string of the molecule is c1ccc(-c2nc(-c3nc(-c4ccc5c6ccccc6n(-c6ccccc6)c5c4)nc4c3sc3ccccc34)nc(-c3cccc4sc5ccccc5c34)n2)cc1. The Labute approximate surface area is 334 Å². The second kappa shape index (κ2) is 12.7. The third kappa shape index (κ3) is 5.12. The van der Waals surface area contributed by atoms with Crippen molar-refractivity contribution in [1.82, 2.24) is 29.5 Å². The van der Waals surface area contributed by atoms with Gasteiger partial charge in [0, 0.05) is 63.4 Å². The van der Waals surface area contributed by atoms with Gasteiger partial charge in [0.25, 0.3) is 0 Å². The van der Waals surface area contributed by atoms with Crippen molar-refractivity contribution in [3.63, 3.8) is 0 Å². The van der Waals surface area contributed by atoms with E-state index < -0.39 is 0 Å². The highest BCUT2D eigenvalue weighted by Crippen LogP contribution is 2.42. The van der Waals surface area contributed by atoms with Crippen molar-refractivity contribution in [2.75, 3.05) is 0 Å². The van der Waals surface area contributed by atoms with Gasteiger partial charge in [-0.2, -0.15) is 0 Å². The van der Waals surface area contributed by atoms with Crippen molar-refractivity contribution in [2.24, 2.45) is 0 Å². The molecule has 0 aliphatic carbocycles. The van der Waals surface area contributed by atoms with Gasteiger partial charge in [-0.1, -0.05) is 127 Å². The number of hydrogen-bond donors (Lipinski definition) is 0. The molecule has 0 aliphatic rings. The Morgan fingerprint density at radius 3 is 1.86 bits per heavy atom. The van der Waals surface area contributed by atoms with E-state index in [9.17, 15) is 0 Å². The lowest BCUT2D eigenvalue weighted by Gasteiger charge is -2.11. The Morgan fingerprint density at radius 2 is 1.02 bits per heavy atom. The van der Waals surface area contributed by atoms with Crippen LogP contribution in [0.4, 0.5) is 0 Å². The first-order valence-electron chi connectivity index (χ1n) is 18.8. The minimum atomic E-state index is 0.509. The lowest BCUT2D eigenvalue weighted by molar-refractivity contribution is 1.06. The number of para-hydroxylation sites is 2. The third-order valence-corrected chi connectivity index (χ3v) is 13.0. The van der Waals surface area contributed by atoms with Gasteiger partial charge in [-0.25, -0.2) is 24.9 Å². The topological polar surface area (TPSA) is 69.4 Å². The third-order valence-electron chi connectivity index (χ3n) is 10.7. The zero-order valence-corrected chi connectivity index (χ0v) is 31.8. The average Bonchev–Trinajstić information content (AvgIpc) is 3.96. The standard InChI is InChI=1S/C49H28N6S2/c1-3-14-29(15-4-1)46-52-48(36-21-13-25-41-42(36)34-19-8-11-23-39(34)56-41)54-49(53-46)44-45-43(35-20-9-12-24-40(35)57-45)50-47(51-44)30-26-27-33-32-18-7-10-22-37(32)55(38(33)28-30)31-16-5-2-6-17-31/h1-28H. The predicted molar refractivity (Wildman–Crippen MR) is 237 cm³/mol. The van der Waals surface area contributed by atoms with Crippen LogP contribution in [0.3, 0.4) is 0 Å². The predicted octanol–water partition coefficient (Wildman–Crippen LogP) is 13.2. The van der Waals surface area contributed by atoms with Crippen molar-refractivity contribution in [3.05, 3.63) is 170 Å². The molecular weight excluding hydrogens is 737 g/mol. The first-order valence-corrected chi connectivity index (χ1v) is 20.4. The molecule has 8 heteroatoms. The van der Waals surface area contributed by atoms with Crippen LogP contribution in [0.1, 0.15) is 0 Å². The highest BCUT2D eigenvalue weighted by atomic mass is 32.1. The number of aromatic nitrogens is 6. The molecule has 0 unspecified atom stereocenters. The van der Waals surface area contributed by atoms with E-state index in [0.717, 1.165) is 59.1 Å². The van der Waals surface area contributed by atoms with Crippen LogP contribution in [0.15, 0.2) is 170 Å². The van der Waals surface area contributed by atoms with E-state index in [4.69, 9.17) is 24.9 Å². The molecule has 57 heavy (non-hydrogen) atoms. The molecule has 7 aromatic carbocycles. The van der Waals surface area contributed by atoms with Gasteiger partial charge >= 0.3 is 0 Å². The molecule has 0 radical (unpaired) electrons. The molecule has 0 spiro atoms. The van der Waals surface area contributed by atoms with Crippen LogP contribution >= 0.6 is 22.7 Å². The van der Waals surface area contributed by atoms with Crippen LogP contribution in [0.25, 0.3) is 114 Å². The van der Waals surface area contributed by atoms with Crippen LogP contribution in [-0.2, 0) is 0 Å². The van der Waals surface area contributed by atoms with Gasteiger partial charge < -0.3 is 4.57 Å². The highest BCUT2D eigenvalue weighted by molar-refractivity contribution is 7.26. The Morgan fingerprint density at radius 1 is 0.386 bits per heavy atom. The first-order chi connectivity index (χ1) is 28.2. The molecule has 5 aromatic heterocycles. The zero-order chi connectivity index (χ0) is 37.5. The smallest absolute Gasteiger partial charge is 0.184 e. The minimum Gasteiger partial charge on any atom is -0.309 e. The summed E-state index contributed by atoms with van der Waals surface area (Å²) in [6.07, 6.45) is 0. The summed E-state index contributed by atoms with van der Waals surface area (Å²) in [7, 11) is 0. The molecule has 0 aliphatic heterocycles. The van der Waals surface area contributed by atoms with Crippen molar-refractivity contribution in [3.8, 4) is 51.4 Å². The Kier molecular flexibility index (Phi) is 7.17. The van der Waals surface area contributed by atoms with Crippen molar-refractivity contribution >= 4 is 85.0 Å². The fourth-order valence-electron chi connectivity index (χ4n) is 8.12. The molecule has 0 fully saturated rings. The summed E-state index contributed by atoms with van der Waals surface area (Å²) in [4.78, 5) is 26.4. The Bertz CT molecular complexity index is 3530. The van der Waals surface area contributed by atoms with E-state index in [0.29, 0.717) is 29.0 Å². The van der Waals surface area contributed by atoms with E-state index in [1.54, 1.807) is 22.7 Å². The Balaban J connectivity index is 1.14. The van der Waals surface area contributed by atoms with Crippen LogP contribution in [0.5, 0.6) is 0 Å². The summed E-state index contributed by atoms with van der Waals surface area (Å²) in [6, 6.07) is 59.2. The highest BCUT2D eigenvalue weighted by Gasteiger charge is 2.23. The molecule has 0 atom stereocenters. The van der Waals surface area contributed by atoms with Gasteiger partial charge in [0.05, 0.1) is 21.3 Å². The second-order valence-corrected chi connectivity index (χ2v) is 16.2. The number of thiophene rings is 2. The minimum absolute atomic E-state index is 0.509. The van der Waals surface area contributed by atoms with E-state index in [-0.39, 0.29) is 0 Å². The molecule has 0 saturated heterocycles. The summed E-state index contributed by atoms with van der Waals surface area (Å²) in [5.41, 5.74) is 7.69. The van der Waals surface area contributed by atoms with E-state index in [2.05, 4.69) is 144 Å². The molecule has 0 N–H and O–H groups in total. The maximum atomic E-state index is 5.41. The van der Waals surface area contributed by atoms with Gasteiger partial charge in [-0.05, 0) is 42.5 Å². The monoisotopic (exact) mass is 764 g/mol. The van der Waals surface area contributed by atoms with Crippen LogP contribution in [0.2, 0.25) is 0 Å². The second-order valence-electron chi connectivity index (χ2n) is 14.0. The van der Waals surface area contributed by atoms with Crippen LogP contribution < -0.4 is 0 Å². The summed E-state index contributed by atoms with van der Waals surface area (Å²) in [5, 5.41) is 5.78. The fraction of sp³-hybridized carbons (Fsp3) is 0. The summed E-state index contributed by atoms with van der Waals surface area (Å²) in [5.74, 6) is 2.32. The average molecular weight is 765 g/mol. The molecule has 0 amide bonds. The Hall–Kier alpha value is -7.13. The van der Waals surface area contributed by atoms with Crippen LogP contribution in [-0.4, -0.2) is 29.5 Å². The maximum Gasteiger partial charge on any atom is 0.184 e. The van der Waals surface area contributed by atoms with E-state index in [1.807, 2.05) is 30.3 Å². The number of rotatable bonds is 5. The molecule has 5 heterocycles. The van der Waals surface area contributed by atoms with Crippen molar-refractivity contribution in [2.45, 2.75) is 0 Å². The maximum absolute atomic E-state index is 5.41. The molecule has 12 rings (SSSR count). The van der Waals surface area contributed by atoms with Gasteiger partial charge in [-0.3, -0.25) is 0 Å². The summed E-state index contributed by atoms with van der Waals surface area (Å²) in [6.45, 7) is 0. The number of fused-ring (bicyclic) bond motifs is 9. The summed E-state index contributed by atoms with van der Waals surface area (Å²) >= 11 is 3.46. The van der Waals surface area contributed by atoms with Gasteiger partial charge in [-0.15, -0.1) is 22.7 Å².